The van der Waals surface area contributed by atoms with Gasteiger partial charge in [-0.1, -0.05) is 28.1 Å². The third kappa shape index (κ3) is 2.81. The maximum Gasteiger partial charge on any atom is 0.475 e. The fourth-order valence-electron chi connectivity index (χ4n) is 0.878. The molecule has 1 atom stereocenters. The van der Waals surface area contributed by atoms with Gasteiger partial charge in [0, 0.05) is 10.2 Å². The van der Waals surface area contributed by atoms with Crippen LogP contribution in [-0.4, -0.2) is 9.72 Å². The summed E-state index contributed by atoms with van der Waals surface area (Å²) in [5.74, 6) is 0. The van der Waals surface area contributed by atoms with E-state index in [1.807, 2.05) is 0 Å². The van der Waals surface area contributed by atoms with E-state index in [2.05, 4.69) is 15.9 Å². The maximum atomic E-state index is 12.1. The minimum atomic E-state index is -4.69. The van der Waals surface area contributed by atoms with Crippen LogP contribution in [0.1, 0.15) is 5.56 Å². The Morgan fingerprint density at radius 1 is 1.36 bits per heavy atom. The molecule has 0 aliphatic carbocycles. The second-order valence-corrected chi connectivity index (χ2v) is 4.53. The highest BCUT2D eigenvalue weighted by molar-refractivity contribution is 9.08. The lowest BCUT2D eigenvalue weighted by atomic mass is 10.2. The Morgan fingerprint density at radius 2 is 2.00 bits per heavy atom. The van der Waals surface area contributed by atoms with Crippen molar-refractivity contribution in [2.75, 3.05) is 0 Å². The normalized spacial score (nSPS) is 14.0. The molecule has 0 aromatic heterocycles. The lowest BCUT2D eigenvalue weighted by Gasteiger charge is -2.06. The van der Waals surface area contributed by atoms with E-state index in [0.717, 1.165) is 0 Å². The molecular formula is C8H6BrF3OS. The molecule has 1 aromatic rings. The standard InChI is InChI=1S/C8H6BrF3OS/c9-5-6-2-1-3-7(4-6)14(13)8(10,11)12/h1-4H,5H2/t14-/m1/s1. The van der Waals surface area contributed by atoms with Crippen molar-refractivity contribution in [3.05, 3.63) is 29.8 Å². The molecule has 6 heteroatoms. The van der Waals surface area contributed by atoms with Crippen LogP contribution in [-0.2, 0) is 16.1 Å². The van der Waals surface area contributed by atoms with Gasteiger partial charge in [0.2, 0.25) is 0 Å². The van der Waals surface area contributed by atoms with Gasteiger partial charge in [-0.15, -0.1) is 0 Å². The molecule has 0 saturated carbocycles. The molecule has 0 radical (unpaired) electrons. The van der Waals surface area contributed by atoms with Crippen LogP contribution < -0.4 is 0 Å². The Hall–Kier alpha value is -0.360. The number of hydrogen-bond acceptors (Lipinski definition) is 1. The van der Waals surface area contributed by atoms with Gasteiger partial charge in [-0.2, -0.15) is 13.2 Å². The van der Waals surface area contributed by atoms with Crippen LogP contribution in [0.3, 0.4) is 0 Å². The van der Waals surface area contributed by atoms with Crippen molar-refractivity contribution in [1.29, 1.82) is 0 Å². The summed E-state index contributed by atoms with van der Waals surface area (Å²) in [4.78, 5) is -0.213. The molecule has 0 amide bonds. The van der Waals surface area contributed by atoms with Crippen molar-refractivity contribution in [2.45, 2.75) is 15.7 Å². The first kappa shape index (κ1) is 11.7. The highest BCUT2D eigenvalue weighted by Crippen LogP contribution is 2.26. The number of hydrogen-bond donors (Lipinski definition) is 0. The molecule has 0 spiro atoms. The van der Waals surface area contributed by atoms with Crippen LogP contribution >= 0.6 is 15.9 Å². The zero-order valence-electron chi connectivity index (χ0n) is 6.84. The molecule has 0 aliphatic heterocycles. The second kappa shape index (κ2) is 4.44. The summed E-state index contributed by atoms with van der Waals surface area (Å²) in [5, 5.41) is 0.440. The summed E-state index contributed by atoms with van der Waals surface area (Å²) in [6.45, 7) is 0. The molecule has 0 fully saturated rings. The van der Waals surface area contributed by atoms with Crippen molar-refractivity contribution >= 4 is 26.7 Å². The zero-order chi connectivity index (χ0) is 10.8. The molecule has 1 rings (SSSR count). The van der Waals surface area contributed by atoms with Crippen molar-refractivity contribution in [3.8, 4) is 0 Å². The minimum Gasteiger partial charge on any atom is -0.245 e. The predicted octanol–water partition coefficient (Wildman–Crippen LogP) is 3.21. The van der Waals surface area contributed by atoms with Gasteiger partial charge in [-0.3, -0.25) is 0 Å². The van der Waals surface area contributed by atoms with Crippen LogP contribution in [0.4, 0.5) is 13.2 Å². The van der Waals surface area contributed by atoms with Crippen molar-refractivity contribution in [2.24, 2.45) is 0 Å². The van der Waals surface area contributed by atoms with E-state index in [9.17, 15) is 17.4 Å². The zero-order valence-corrected chi connectivity index (χ0v) is 9.25. The van der Waals surface area contributed by atoms with Crippen LogP contribution in [0.15, 0.2) is 29.2 Å². The number of alkyl halides is 4. The number of benzene rings is 1. The Labute approximate surface area is 89.9 Å². The topological polar surface area (TPSA) is 17.1 Å². The number of rotatable bonds is 2. The molecule has 78 valence electrons. The lowest BCUT2D eigenvalue weighted by Crippen LogP contribution is -2.16. The van der Waals surface area contributed by atoms with E-state index < -0.39 is 16.3 Å². The van der Waals surface area contributed by atoms with Gasteiger partial charge < -0.3 is 0 Å². The smallest absolute Gasteiger partial charge is 0.245 e. The second-order valence-electron chi connectivity index (χ2n) is 2.50. The SMILES string of the molecule is O=[S@](c1cccc(CBr)c1)C(F)(F)F. The molecule has 0 bridgehead atoms. The first-order valence-corrected chi connectivity index (χ1v) is 5.86. The van der Waals surface area contributed by atoms with E-state index in [-0.39, 0.29) is 4.90 Å². The predicted molar refractivity (Wildman–Crippen MR) is 51.5 cm³/mol. The van der Waals surface area contributed by atoms with E-state index in [0.29, 0.717) is 10.9 Å². The molecular weight excluding hydrogens is 281 g/mol. The van der Waals surface area contributed by atoms with Gasteiger partial charge in [-0.05, 0) is 17.7 Å². The van der Waals surface area contributed by atoms with E-state index in [1.165, 1.54) is 18.2 Å². The fraction of sp³-hybridized carbons (Fsp3) is 0.250. The molecule has 0 N–H and O–H groups in total. The molecule has 0 aliphatic rings. The van der Waals surface area contributed by atoms with E-state index >= 15 is 0 Å². The summed E-state index contributed by atoms with van der Waals surface area (Å²) in [7, 11) is -2.93. The highest BCUT2D eigenvalue weighted by atomic mass is 79.9. The third-order valence-electron chi connectivity index (χ3n) is 1.48. The molecule has 0 unspecified atom stereocenters. The highest BCUT2D eigenvalue weighted by Gasteiger charge is 2.37. The molecule has 14 heavy (non-hydrogen) atoms. The maximum absolute atomic E-state index is 12.1. The van der Waals surface area contributed by atoms with Gasteiger partial charge in [0.15, 0.2) is 10.8 Å². The van der Waals surface area contributed by atoms with E-state index in [1.54, 1.807) is 6.07 Å². The Morgan fingerprint density at radius 3 is 2.50 bits per heavy atom. The Bertz CT molecular complexity index is 351. The average molecular weight is 287 g/mol. The summed E-state index contributed by atoms with van der Waals surface area (Å²) >= 11 is 3.11. The monoisotopic (exact) mass is 286 g/mol. The summed E-state index contributed by atoms with van der Waals surface area (Å²) in [6, 6.07) is 5.59. The number of halogens is 4. The molecule has 1 aromatic carbocycles. The third-order valence-corrected chi connectivity index (χ3v) is 3.23. The van der Waals surface area contributed by atoms with Gasteiger partial charge in [0.05, 0.1) is 0 Å². The van der Waals surface area contributed by atoms with Crippen LogP contribution in [0.2, 0.25) is 0 Å². The molecule has 1 nitrogen and oxygen atoms in total. The Balaban J connectivity index is 3.02. The van der Waals surface area contributed by atoms with Crippen molar-refractivity contribution in [3.63, 3.8) is 0 Å². The summed E-state index contributed by atoms with van der Waals surface area (Å²) in [6.07, 6.45) is 0. The van der Waals surface area contributed by atoms with Crippen LogP contribution in [0, 0.1) is 0 Å². The summed E-state index contributed by atoms with van der Waals surface area (Å²) in [5.41, 5.74) is -4.02. The van der Waals surface area contributed by atoms with Crippen LogP contribution in [0.5, 0.6) is 0 Å². The quantitative estimate of drug-likeness (QED) is 0.763. The summed E-state index contributed by atoms with van der Waals surface area (Å²) < 4.78 is 47.1. The molecule has 0 heterocycles. The first-order chi connectivity index (χ1) is 6.45. The largest absolute Gasteiger partial charge is 0.475 e. The van der Waals surface area contributed by atoms with Gasteiger partial charge in [0.1, 0.15) is 0 Å². The van der Waals surface area contributed by atoms with Crippen LogP contribution in [0.25, 0.3) is 0 Å². The van der Waals surface area contributed by atoms with Gasteiger partial charge in [0.25, 0.3) is 0 Å². The average Bonchev–Trinajstić information content (AvgIpc) is 2.15. The minimum absolute atomic E-state index is 0.213. The Kier molecular flexibility index (Phi) is 3.71. The van der Waals surface area contributed by atoms with E-state index in [4.69, 9.17) is 0 Å². The lowest BCUT2D eigenvalue weighted by molar-refractivity contribution is -0.0384. The first-order valence-electron chi connectivity index (χ1n) is 3.58. The van der Waals surface area contributed by atoms with Crippen molar-refractivity contribution in [1.82, 2.24) is 0 Å². The van der Waals surface area contributed by atoms with Gasteiger partial charge >= 0.3 is 5.51 Å². The fourth-order valence-corrected chi connectivity index (χ4v) is 1.95. The van der Waals surface area contributed by atoms with Crippen molar-refractivity contribution < 1.29 is 17.4 Å². The van der Waals surface area contributed by atoms with Gasteiger partial charge in [-0.25, -0.2) is 4.21 Å². The molecule has 0 saturated heterocycles.